The topological polar surface area (TPSA) is 95.1 Å². The fraction of sp³-hybridized carbons (Fsp3) is 0.444. The first-order valence-electron chi connectivity index (χ1n) is 4.67. The number of amides is 1. The van der Waals surface area contributed by atoms with Gasteiger partial charge in [-0.3, -0.25) is 9.59 Å². The summed E-state index contributed by atoms with van der Waals surface area (Å²) in [6, 6.07) is 0. The van der Waals surface area contributed by atoms with Gasteiger partial charge in [-0.2, -0.15) is 0 Å². The lowest BCUT2D eigenvalue weighted by Crippen LogP contribution is -2.26. The maximum Gasteiger partial charge on any atom is 0.307 e. The SMILES string of the molecule is O=C(O)[C@H]1C[C@H]1C(=O)NCc1ncc[nH]1. The van der Waals surface area contributed by atoms with Crippen LogP contribution in [0.25, 0.3) is 0 Å². The standard InChI is InChI=1S/C9H11N3O3/c13-8(5-3-6(5)9(14)15)12-4-7-10-1-2-11-7/h1-2,5-6H,3-4H2,(H,10,11)(H,12,13)(H,14,15)/t5-,6+/m1/s1. The predicted molar refractivity (Wildman–Crippen MR) is 49.7 cm³/mol. The monoisotopic (exact) mass is 209 g/mol. The number of carboxylic acids is 1. The molecule has 15 heavy (non-hydrogen) atoms. The zero-order valence-corrected chi connectivity index (χ0v) is 7.93. The third kappa shape index (κ3) is 2.15. The lowest BCUT2D eigenvalue weighted by atomic mass is 10.3. The highest BCUT2D eigenvalue weighted by atomic mass is 16.4. The predicted octanol–water partition coefficient (Wildman–Crippen LogP) is -0.253. The minimum Gasteiger partial charge on any atom is -0.481 e. The van der Waals surface area contributed by atoms with Crippen LogP contribution in [0.3, 0.4) is 0 Å². The summed E-state index contributed by atoms with van der Waals surface area (Å²) in [6.07, 6.45) is 3.71. The lowest BCUT2D eigenvalue weighted by molar-refractivity contribution is -0.140. The maximum absolute atomic E-state index is 11.4. The minimum atomic E-state index is -0.895. The molecule has 2 rings (SSSR count). The molecule has 0 aliphatic heterocycles. The smallest absolute Gasteiger partial charge is 0.307 e. The lowest BCUT2D eigenvalue weighted by Gasteiger charge is -2.01. The Hall–Kier alpha value is -1.85. The Morgan fingerprint density at radius 3 is 2.93 bits per heavy atom. The Bertz CT molecular complexity index is 374. The van der Waals surface area contributed by atoms with Crippen LogP contribution in [0.4, 0.5) is 0 Å². The van der Waals surface area contributed by atoms with Crippen LogP contribution >= 0.6 is 0 Å². The number of nitrogens with one attached hydrogen (secondary N) is 2. The fourth-order valence-corrected chi connectivity index (χ4v) is 1.45. The highest BCUT2D eigenvalue weighted by Gasteiger charge is 2.48. The molecule has 1 aromatic heterocycles. The molecule has 0 bridgehead atoms. The van der Waals surface area contributed by atoms with Crippen molar-refractivity contribution < 1.29 is 14.7 Å². The zero-order valence-electron chi connectivity index (χ0n) is 7.93. The number of aromatic amines is 1. The summed E-state index contributed by atoms with van der Waals surface area (Å²) in [5, 5.41) is 11.3. The molecule has 1 heterocycles. The quantitative estimate of drug-likeness (QED) is 0.637. The van der Waals surface area contributed by atoms with E-state index in [1.807, 2.05) is 0 Å². The molecule has 0 radical (unpaired) electrons. The van der Waals surface area contributed by atoms with Crippen molar-refractivity contribution in [3.8, 4) is 0 Å². The summed E-state index contributed by atoms with van der Waals surface area (Å²) in [5.41, 5.74) is 0. The van der Waals surface area contributed by atoms with Gasteiger partial charge in [-0.25, -0.2) is 4.98 Å². The number of carbonyl (C=O) groups is 2. The Labute approximate surface area is 85.7 Å². The van der Waals surface area contributed by atoms with Crippen LogP contribution in [0.2, 0.25) is 0 Å². The first-order valence-corrected chi connectivity index (χ1v) is 4.67. The van der Waals surface area contributed by atoms with Crippen LogP contribution in [-0.2, 0) is 16.1 Å². The highest BCUT2D eigenvalue weighted by molar-refractivity contribution is 5.89. The molecule has 6 heteroatoms. The summed E-state index contributed by atoms with van der Waals surface area (Å²) < 4.78 is 0. The van der Waals surface area contributed by atoms with Crippen molar-refractivity contribution in [2.24, 2.45) is 11.8 Å². The summed E-state index contributed by atoms with van der Waals surface area (Å²) in [7, 11) is 0. The Kier molecular flexibility index (Phi) is 2.40. The third-order valence-corrected chi connectivity index (χ3v) is 2.43. The molecule has 1 aliphatic carbocycles. The van der Waals surface area contributed by atoms with E-state index in [0.29, 0.717) is 18.8 Å². The van der Waals surface area contributed by atoms with Gasteiger partial charge in [-0.05, 0) is 6.42 Å². The molecule has 0 unspecified atom stereocenters. The van der Waals surface area contributed by atoms with E-state index in [2.05, 4.69) is 15.3 Å². The molecule has 1 amide bonds. The van der Waals surface area contributed by atoms with E-state index in [9.17, 15) is 9.59 Å². The molecule has 0 spiro atoms. The van der Waals surface area contributed by atoms with Crippen molar-refractivity contribution >= 4 is 11.9 Å². The van der Waals surface area contributed by atoms with E-state index in [-0.39, 0.29) is 11.8 Å². The molecular formula is C9H11N3O3. The van der Waals surface area contributed by atoms with Gasteiger partial charge in [0.1, 0.15) is 5.82 Å². The van der Waals surface area contributed by atoms with E-state index >= 15 is 0 Å². The number of carboxylic acid groups (broad SMARTS) is 1. The van der Waals surface area contributed by atoms with Crippen LogP contribution in [0.5, 0.6) is 0 Å². The number of nitrogens with zero attached hydrogens (tertiary/aromatic N) is 1. The second-order valence-electron chi connectivity index (χ2n) is 3.54. The van der Waals surface area contributed by atoms with E-state index in [0.717, 1.165) is 0 Å². The van der Waals surface area contributed by atoms with Gasteiger partial charge in [0, 0.05) is 12.4 Å². The van der Waals surface area contributed by atoms with Crippen LogP contribution in [0.15, 0.2) is 12.4 Å². The molecule has 0 saturated heterocycles. The number of carbonyl (C=O) groups excluding carboxylic acids is 1. The van der Waals surface area contributed by atoms with Gasteiger partial charge in [-0.1, -0.05) is 0 Å². The number of hydrogen-bond acceptors (Lipinski definition) is 3. The highest BCUT2D eigenvalue weighted by Crippen LogP contribution is 2.38. The Morgan fingerprint density at radius 1 is 1.60 bits per heavy atom. The van der Waals surface area contributed by atoms with Crippen molar-refractivity contribution in [1.82, 2.24) is 15.3 Å². The Balaban J connectivity index is 1.77. The minimum absolute atomic E-state index is 0.209. The molecule has 3 N–H and O–H groups in total. The summed E-state index contributed by atoms with van der Waals surface area (Å²) >= 11 is 0. The largest absolute Gasteiger partial charge is 0.481 e. The maximum atomic E-state index is 11.4. The number of aliphatic carboxylic acids is 1. The van der Waals surface area contributed by atoms with Gasteiger partial charge >= 0.3 is 5.97 Å². The van der Waals surface area contributed by atoms with Gasteiger partial charge in [0.15, 0.2) is 0 Å². The molecule has 6 nitrogen and oxygen atoms in total. The molecule has 1 aliphatic rings. The normalized spacial score (nSPS) is 23.5. The van der Waals surface area contributed by atoms with E-state index in [1.165, 1.54) is 0 Å². The van der Waals surface area contributed by atoms with Gasteiger partial charge in [0.05, 0.1) is 18.4 Å². The van der Waals surface area contributed by atoms with Crippen molar-refractivity contribution in [2.75, 3.05) is 0 Å². The summed E-state index contributed by atoms with van der Waals surface area (Å²) in [6.45, 7) is 0.314. The van der Waals surface area contributed by atoms with E-state index < -0.39 is 11.9 Å². The Morgan fingerprint density at radius 2 is 2.40 bits per heavy atom. The van der Waals surface area contributed by atoms with Crippen molar-refractivity contribution in [2.45, 2.75) is 13.0 Å². The molecule has 1 fully saturated rings. The van der Waals surface area contributed by atoms with Crippen LogP contribution in [0, 0.1) is 11.8 Å². The van der Waals surface area contributed by atoms with Crippen molar-refractivity contribution in [1.29, 1.82) is 0 Å². The molecular weight excluding hydrogens is 198 g/mol. The van der Waals surface area contributed by atoms with Crippen LogP contribution < -0.4 is 5.32 Å². The van der Waals surface area contributed by atoms with Gasteiger partial charge < -0.3 is 15.4 Å². The second-order valence-corrected chi connectivity index (χ2v) is 3.54. The van der Waals surface area contributed by atoms with Crippen molar-refractivity contribution in [3.05, 3.63) is 18.2 Å². The van der Waals surface area contributed by atoms with E-state index in [1.54, 1.807) is 12.4 Å². The second kappa shape index (κ2) is 3.72. The number of rotatable bonds is 4. The fourth-order valence-electron chi connectivity index (χ4n) is 1.45. The first-order chi connectivity index (χ1) is 7.18. The van der Waals surface area contributed by atoms with Gasteiger partial charge in [0.2, 0.25) is 5.91 Å². The first kappa shape index (κ1) is 9.70. The molecule has 1 aromatic rings. The summed E-state index contributed by atoms with van der Waals surface area (Å²) in [5.74, 6) is -1.30. The number of aromatic nitrogens is 2. The molecule has 80 valence electrons. The average Bonchev–Trinajstić information content (AvgIpc) is 2.85. The summed E-state index contributed by atoms with van der Waals surface area (Å²) in [4.78, 5) is 28.7. The average molecular weight is 209 g/mol. The van der Waals surface area contributed by atoms with Crippen LogP contribution in [-0.4, -0.2) is 27.0 Å². The van der Waals surface area contributed by atoms with Crippen molar-refractivity contribution in [3.63, 3.8) is 0 Å². The van der Waals surface area contributed by atoms with E-state index in [4.69, 9.17) is 5.11 Å². The zero-order chi connectivity index (χ0) is 10.8. The molecule has 0 aromatic carbocycles. The van der Waals surface area contributed by atoms with Crippen LogP contribution in [0.1, 0.15) is 12.2 Å². The van der Waals surface area contributed by atoms with Gasteiger partial charge in [-0.15, -0.1) is 0 Å². The molecule has 1 saturated carbocycles. The number of imidazole rings is 1. The number of H-pyrrole nitrogens is 1. The molecule has 2 atom stereocenters. The number of hydrogen-bond donors (Lipinski definition) is 3. The van der Waals surface area contributed by atoms with Gasteiger partial charge in [0.25, 0.3) is 0 Å². The third-order valence-electron chi connectivity index (χ3n) is 2.43.